The van der Waals surface area contributed by atoms with Gasteiger partial charge in [-0.15, -0.1) is 0 Å². The molecule has 0 fully saturated rings. The summed E-state index contributed by atoms with van der Waals surface area (Å²) in [4.78, 5) is 24.6. The molecule has 6 nitrogen and oxygen atoms in total. The van der Waals surface area contributed by atoms with Crippen molar-refractivity contribution in [2.45, 2.75) is 39.0 Å². The van der Waals surface area contributed by atoms with Gasteiger partial charge in [0.1, 0.15) is 11.4 Å². The maximum Gasteiger partial charge on any atom is 0.412 e. The van der Waals surface area contributed by atoms with Crippen LogP contribution in [0.1, 0.15) is 43.6 Å². The topological polar surface area (TPSA) is 76.7 Å². The molecule has 2 aromatic rings. The molecule has 2 amide bonds. The average molecular weight is 417 g/mol. The van der Waals surface area contributed by atoms with Gasteiger partial charge < -0.3 is 14.8 Å². The third kappa shape index (κ3) is 7.34. The van der Waals surface area contributed by atoms with Gasteiger partial charge in [-0.2, -0.15) is 11.8 Å². The molecule has 2 N–H and O–H groups in total. The number of carbonyl (C=O) groups excluding carboxylic acids is 2. The van der Waals surface area contributed by atoms with Crippen molar-refractivity contribution in [2.24, 2.45) is 0 Å². The van der Waals surface area contributed by atoms with E-state index in [2.05, 4.69) is 17.6 Å². The zero-order valence-electron chi connectivity index (χ0n) is 17.5. The highest BCUT2D eigenvalue weighted by Gasteiger charge is 2.18. The Labute approximate surface area is 176 Å². The fourth-order valence-electron chi connectivity index (χ4n) is 2.47. The number of anilines is 2. The Hall–Kier alpha value is -2.67. The summed E-state index contributed by atoms with van der Waals surface area (Å²) in [6.45, 7) is 7.47. The number of thioether (sulfide) groups is 1. The minimum Gasteiger partial charge on any atom is -0.495 e. The molecule has 0 aliphatic heterocycles. The van der Waals surface area contributed by atoms with Gasteiger partial charge >= 0.3 is 6.09 Å². The molecule has 0 saturated carbocycles. The highest BCUT2D eigenvalue weighted by atomic mass is 32.2. The first-order chi connectivity index (χ1) is 13.7. The smallest absolute Gasteiger partial charge is 0.412 e. The van der Waals surface area contributed by atoms with E-state index in [0.717, 1.165) is 11.5 Å². The monoisotopic (exact) mass is 416 g/mol. The van der Waals surface area contributed by atoms with Gasteiger partial charge in [-0.1, -0.05) is 19.1 Å². The first-order valence-corrected chi connectivity index (χ1v) is 10.5. The second-order valence-corrected chi connectivity index (χ2v) is 8.60. The Morgan fingerprint density at radius 3 is 2.31 bits per heavy atom. The summed E-state index contributed by atoms with van der Waals surface area (Å²) in [7, 11) is 1.51. The second-order valence-electron chi connectivity index (χ2n) is 7.33. The molecule has 0 radical (unpaired) electrons. The van der Waals surface area contributed by atoms with Crippen molar-refractivity contribution in [1.29, 1.82) is 0 Å². The molecule has 0 saturated heterocycles. The molecule has 0 aromatic heterocycles. The van der Waals surface area contributed by atoms with Crippen LogP contribution in [0, 0.1) is 0 Å². The van der Waals surface area contributed by atoms with Crippen LogP contribution in [0.25, 0.3) is 0 Å². The van der Waals surface area contributed by atoms with Crippen molar-refractivity contribution in [1.82, 2.24) is 0 Å². The average Bonchev–Trinajstić information content (AvgIpc) is 2.65. The molecule has 0 unspecified atom stereocenters. The molecule has 156 valence electrons. The van der Waals surface area contributed by atoms with E-state index < -0.39 is 11.7 Å². The Morgan fingerprint density at radius 1 is 1.03 bits per heavy atom. The van der Waals surface area contributed by atoms with E-state index in [4.69, 9.17) is 9.47 Å². The van der Waals surface area contributed by atoms with Crippen molar-refractivity contribution >= 4 is 35.1 Å². The van der Waals surface area contributed by atoms with Gasteiger partial charge in [0.15, 0.2) is 0 Å². The maximum atomic E-state index is 12.6. The molecule has 29 heavy (non-hydrogen) atoms. The number of methoxy groups -OCH3 is 1. The molecule has 2 aromatic carbocycles. The molecule has 0 heterocycles. The van der Waals surface area contributed by atoms with E-state index >= 15 is 0 Å². The number of hydrogen-bond donors (Lipinski definition) is 2. The predicted molar refractivity (Wildman–Crippen MR) is 119 cm³/mol. The van der Waals surface area contributed by atoms with Gasteiger partial charge in [0.05, 0.1) is 12.8 Å². The number of amides is 2. The van der Waals surface area contributed by atoms with Gasteiger partial charge in [0.25, 0.3) is 5.91 Å². The summed E-state index contributed by atoms with van der Waals surface area (Å²) in [6.07, 6.45) is -0.597. The molecule has 0 aliphatic carbocycles. The molecule has 0 atom stereocenters. The zero-order valence-corrected chi connectivity index (χ0v) is 18.3. The minimum atomic E-state index is -0.620. The van der Waals surface area contributed by atoms with Crippen molar-refractivity contribution < 1.29 is 19.1 Å². The largest absolute Gasteiger partial charge is 0.495 e. The number of ether oxygens (including phenoxy) is 2. The summed E-state index contributed by atoms with van der Waals surface area (Å²) in [5.74, 6) is 2.22. The van der Waals surface area contributed by atoms with E-state index in [9.17, 15) is 9.59 Å². The predicted octanol–water partition coefficient (Wildman–Crippen LogP) is 5.55. The normalized spacial score (nSPS) is 10.9. The van der Waals surface area contributed by atoms with Crippen LogP contribution in [0.15, 0.2) is 42.5 Å². The third-order valence-corrected chi connectivity index (χ3v) is 4.73. The summed E-state index contributed by atoms with van der Waals surface area (Å²) in [6, 6.07) is 12.6. The van der Waals surface area contributed by atoms with Crippen LogP contribution >= 0.6 is 11.8 Å². The molecule has 2 rings (SSSR count). The fourth-order valence-corrected chi connectivity index (χ4v) is 3.10. The zero-order chi connectivity index (χ0) is 21.4. The molecule has 0 aliphatic rings. The molecular formula is C22H28N2O4S. The summed E-state index contributed by atoms with van der Waals surface area (Å²) < 4.78 is 10.6. The summed E-state index contributed by atoms with van der Waals surface area (Å²) in [5, 5.41) is 5.50. The lowest BCUT2D eigenvalue weighted by molar-refractivity contribution is 0.0635. The Kier molecular flexibility index (Phi) is 7.96. The maximum absolute atomic E-state index is 12.6. The number of benzene rings is 2. The van der Waals surface area contributed by atoms with Crippen LogP contribution in [0.3, 0.4) is 0 Å². The first-order valence-electron chi connectivity index (χ1n) is 9.38. The van der Waals surface area contributed by atoms with Gasteiger partial charge in [0, 0.05) is 17.0 Å². The quantitative estimate of drug-likeness (QED) is 0.619. The van der Waals surface area contributed by atoms with Crippen LogP contribution in [-0.4, -0.2) is 30.5 Å². The number of nitrogens with one attached hydrogen (secondary N) is 2. The van der Waals surface area contributed by atoms with Gasteiger partial charge in [0.2, 0.25) is 0 Å². The number of rotatable bonds is 7. The molecule has 7 heteroatoms. The highest BCUT2D eigenvalue weighted by Crippen LogP contribution is 2.28. The van der Waals surface area contributed by atoms with Crippen LogP contribution in [-0.2, 0) is 10.5 Å². The number of hydrogen-bond acceptors (Lipinski definition) is 5. The number of carbonyl (C=O) groups is 2. The second kappa shape index (κ2) is 10.2. The van der Waals surface area contributed by atoms with Crippen molar-refractivity contribution in [3.8, 4) is 5.75 Å². The van der Waals surface area contributed by atoms with Gasteiger partial charge in [-0.25, -0.2) is 4.79 Å². The Balaban J connectivity index is 2.10. The van der Waals surface area contributed by atoms with Crippen molar-refractivity contribution in [2.75, 3.05) is 23.5 Å². The van der Waals surface area contributed by atoms with E-state index in [1.54, 1.807) is 39.0 Å². The summed E-state index contributed by atoms with van der Waals surface area (Å²) in [5.41, 5.74) is 2.07. The van der Waals surface area contributed by atoms with E-state index in [0.29, 0.717) is 22.7 Å². The molecular weight excluding hydrogens is 388 g/mol. The van der Waals surface area contributed by atoms with E-state index in [-0.39, 0.29) is 5.91 Å². The van der Waals surface area contributed by atoms with Crippen LogP contribution in [0.4, 0.5) is 16.2 Å². The highest BCUT2D eigenvalue weighted by molar-refractivity contribution is 7.98. The Bertz CT molecular complexity index is 845. The van der Waals surface area contributed by atoms with E-state index in [1.807, 2.05) is 36.0 Å². The van der Waals surface area contributed by atoms with Gasteiger partial charge in [-0.3, -0.25) is 10.1 Å². The van der Waals surface area contributed by atoms with Crippen LogP contribution in [0.5, 0.6) is 5.75 Å². The van der Waals surface area contributed by atoms with Crippen molar-refractivity contribution in [3.63, 3.8) is 0 Å². The molecule has 0 bridgehead atoms. The lowest BCUT2D eigenvalue weighted by atomic mass is 10.1. The lowest BCUT2D eigenvalue weighted by Crippen LogP contribution is -2.27. The van der Waals surface area contributed by atoms with E-state index in [1.165, 1.54) is 12.7 Å². The first kappa shape index (κ1) is 22.6. The third-order valence-electron chi connectivity index (χ3n) is 3.78. The van der Waals surface area contributed by atoms with Crippen LogP contribution in [0.2, 0.25) is 0 Å². The Morgan fingerprint density at radius 2 is 1.72 bits per heavy atom. The van der Waals surface area contributed by atoms with Gasteiger partial charge in [-0.05, 0) is 62.4 Å². The van der Waals surface area contributed by atoms with Crippen LogP contribution < -0.4 is 15.4 Å². The minimum absolute atomic E-state index is 0.229. The van der Waals surface area contributed by atoms with Crippen molar-refractivity contribution in [3.05, 3.63) is 53.6 Å². The fraction of sp³-hybridized carbons (Fsp3) is 0.364. The SMILES string of the molecule is CCSCc1ccc(C(=O)Nc2ccc(OC)c(NC(=O)OC(C)(C)C)c2)cc1. The lowest BCUT2D eigenvalue weighted by Gasteiger charge is -2.20. The molecule has 0 spiro atoms. The standard InChI is InChI=1S/C22H28N2O4S/c1-6-29-14-15-7-9-16(10-8-15)20(25)23-17-11-12-19(27-5)18(13-17)24-21(26)28-22(2,3)4/h7-13H,6,14H2,1-5H3,(H,23,25)(H,24,26). The summed E-state index contributed by atoms with van der Waals surface area (Å²) >= 11 is 1.83.